The van der Waals surface area contributed by atoms with Crippen molar-refractivity contribution in [2.24, 2.45) is 0 Å². The summed E-state index contributed by atoms with van der Waals surface area (Å²) in [5.41, 5.74) is 3.77. The Balaban J connectivity index is 1.84. The Morgan fingerprint density at radius 3 is 2.15 bits per heavy atom. The molecule has 146 valence electrons. The van der Waals surface area contributed by atoms with E-state index in [2.05, 4.69) is 88.5 Å². The summed E-state index contributed by atoms with van der Waals surface area (Å²) in [5, 5.41) is 3.90. The van der Waals surface area contributed by atoms with Crippen LogP contribution in [0.25, 0.3) is 0 Å². The van der Waals surface area contributed by atoms with Gasteiger partial charge in [-0.05, 0) is 70.7 Å². The molecule has 2 aromatic rings. The summed E-state index contributed by atoms with van der Waals surface area (Å²) < 4.78 is 11.7. The van der Waals surface area contributed by atoms with E-state index < -0.39 is 0 Å². The zero-order valence-electron chi connectivity index (χ0n) is 17.3. The van der Waals surface area contributed by atoms with E-state index in [1.165, 1.54) is 16.7 Å². The van der Waals surface area contributed by atoms with Gasteiger partial charge in [-0.2, -0.15) is 0 Å². The normalized spacial score (nSPS) is 20.4. The van der Waals surface area contributed by atoms with Gasteiger partial charge >= 0.3 is 0 Å². The van der Waals surface area contributed by atoms with Crippen molar-refractivity contribution in [1.82, 2.24) is 5.32 Å². The summed E-state index contributed by atoms with van der Waals surface area (Å²) in [6.45, 7) is 11.4. The maximum Gasteiger partial charge on any atom is 0.119 e. The largest absolute Gasteiger partial charge is 0.491 e. The molecule has 27 heavy (non-hydrogen) atoms. The van der Waals surface area contributed by atoms with Crippen LogP contribution in [-0.4, -0.2) is 24.4 Å². The van der Waals surface area contributed by atoms with E-state index in [-0.39, 0.29) is 17.7 Å². The number of aryl methyl sites for hydroxylation is 1. The second-order valence-corrected chi connectivity index (χ2v) is 8.54. The predicted octanol–water partition coefficient (Wildman–Crippen LogP) is 5.42. The number of rotatable bonds is 6. The van der Waals surface area contributed by atoms with Gasteiger partial charge in [0.1, 0.15) is 5.75 Å². The van der Waals surface area contributed by atoms with Gasteiger partial charge in [0.15, 0.2) is 0 Å². The summed E-state index contributed by atoms with van der Waals surface area (Å²) in [7, 11) is 0. The monoisotopic (exact) mass is 367 g/mol. The van der Waals surface area contributed by atoms with E-state index in [0.717, 1.165) is 25.2 Å². The summed E-state index contributed by atoms with van der Waals surface area (Å²) in [5.74, 6) is 0.920. The Morgan fingerprint density at radius 2 is 1.59 bits per heavy atom. The number of hydrogen-bond acceptors (Lipinski definition) is 3. The Bertz CT molecular complexity index is 719. The molecule has 3 nitrogen and oxygen atoms in total. The van der Waals surface area contributed by atoms with Crippen LogP contribution in [0.4, 0.5) is 0 Å². The minimum Gasteiger partial charge on any atom is -0.491 e. The van der Waals surface area contributed by atoms with Gasteiger partial charge in [0.2, 0.25) is 0 Å². The minimum absolute atomic E-state index is 0.0668. The molecule has 2 aromatic carbocycles. The fraction of sp³-hybridized carbons (Fsp3) is 0.500. The highest BCUT2D eigenvalue weighted by atomic mass is 16.5. The van der Waals surface area contributed by atoms with Crippen LogP contribution in [0.2, 0.25) is 0 Å². The van der Waals surface area contributed by atoms with Gasteiger partial charge in [-0.25, -0.2) is 0 Å². The highest BCUT2D eigenvalue weighted by Crippen LogP contribution is 2.30. The first kappa shape index (κ1) is 19.9. The van der Waals surface area contributed by atoms with Crippen LogP contribution >= 0.6 is 0 Å². The molecule has 1 aliphatic heterocycles. The summed E-state index contributed by atoms with van der Waals surface area (Å²) in [6.07, 6.45) is 2.25. The van der Waals surface area contributed by atoms with Crippen molar-refractivity contribution in [3.8, 4) is 5.75 Å². The molecule has 0 saturated carbocycles. The fourth-order valence-corrected chi connectivity index (χ4v) is 3.76. The molecule has 1 fully saturated rings. The SMILES string of the molecule is Cc1ccc([C@H](N[C@@H]2CCOC(C)(C)C2)c2ccc(OC(C)C)cc2)cc1. The van der Waals surface area contributed by atoms with Crippen LogP contribution in [0.15, 0.2) is 48.5 Å². The van der Waals surface area contributed by atoms with Crippen LogP contribution in [-0.2, 0) is 4.74 Å². The molecule has 0 aliphatic carbocycles. The summed E-state index contributed by atoms with van der Waals surface area (Å²) in [4.78, 5) is 0. The van der Waals surface area contributed by atoms with Gasteiger partial charge in [0.25, 0.3) is 0 Å². The molecule has 0 amide bonds. The highest BCUT2D eigenvalue weighted by molar-refractivity contribution is 5.36. The van der Waals surface area contributed by atoms with E-state index in [9.17, 15) is 0 Å². The minimum atomic E-state index is -0.0668. The van der Waals surface area contributed by atoms with Crippen molar-refractivity contribution >= 4 is 0 Å². The van der Waals surface area contributed by atoms with Gasteiger partial charge in [-0.3, -0.25) is 0 Å². The van der Waals surface area contributed by atoms with Crippen LogP contribution in [0, 0.1) is 6.92 Å². The number of ether oxygens (including phenoxy) is 2. The van der Waals surface area contributed by atoms with Crippen LogP contribution in [0.1, 0.15) is 63.3 Å². The standard InChI is InChI=1S/C24H33NO2/c1-17(2)27-22-12-10-20(11-13-22)23(19-8-6-18(3)7-9-19)25-21-14-15-26-24(4,5)16-21/h6-13,17,21,23,25H,14-16H2,1-5H3/t21-,23+/m1/s1. The molecule has 1 heterocycles. The van der Waals surface area contributed by atoms with E-state index >= 15 is 0 Å². The Labute approximate surface area is 164 Å². The van der Waals surface area contributed by atoms with E-state index in [1.807, 2.05) is 0 Å². The van der Waals surface area contributed by atoms with Gasteiger partial charge in [-0.15, -0.1) is 0 Å². The molecular formula is C24H33NO2. The van der Waals surface area contributed by atoms with Crippen molar-refractivity contribution in [3.05, 3.63) is 65.2 Å². The van der Waals surface area contributed by atoms with Gasteiger partial charge in [-0.1, -0.05) is 42.0 Å². The maximum atomic E-state index is 5.90. The Hall–Kier alpha value is -1.84. The second-order valence-electron chi connectivity index (χ2n) is 8.54. The lowest BCUT2D eigenvalue weighted by Crippen LogP contribution is -2.45. The molecular weight excluding hydrogens is 334 g/mol. The van der Waals surface area contributed by atoms with E-state index in [0.29, 0.717) is 6.04 Å². The zero-order chi connectivity index (χ0) is 19.4. The van der Waals surface area contributed by atoms with Gasteiger partial charge < -0.3 is 14.8 Å². The number of benzene rings is 2. The van der Waals surface area contributed by atoms with Gasteiger partial charge in [0.05, 0.1) is 17.7 Å². The molecule has 2 atom stereocenters. The first-order valence-electron chi connectivity index (χ1n) is 10.1. The number of hydrogen-bond donors (Lipinski definition) is 1. The van der Waals surface area contributed by atoms with Crippen LogP contribution in [0.5, 0.6) is 5.75 Å². The molecule has 1 aliphatic rings. The molecule has 1 saturated heterocycles. The number of nitrogens with one attached hydrogen (secondary N) is 1. The maximum absolute atomic E-state index is 5.90. The fourth-order valence-electron chi connectivity index (χ4n) is 3.76. The van der Waals surface area contributed by atoms with Crippen LogP contribution in [0.3, 0.4) is 0 Å². The van der Waals surface area contributed by atoms with Crippen molar-refractivity contribution < 1.29 is 9.47 Å². The van der Waals surface area contributed by atoms with Crippen molar-refractivity contribution in [1.29, 1.82) is 0 Å². The quantitative estimate of drug-likeness (QED) is 0.739. The van der Waals surface area contributed by atoms with Crippen molar-refractivity contribution in [3.63, 3.8) is 0 Å². The molecule has 0 bridgehead atoms. The molecule has 0 unspecified atom stereocenters. The zero-order valence-corrected chi connectivity index (χ0v) is 17.3. The first-order chi connectivity index (χ1) is 12.8. The highest BCUT2D eigenvalue weighted by Gasteiger charge is 2.30. The topological polar surface area (TPSA) is 30.5 Å². The van der Waals surface area contributed by atoms with E-state index in [4.69, 9.17) is 9.47 Å². The van der Waals surface area contributed by atoms with Crippen molar-refractivity contribution in [2.45, 2.75) is 71.2 Å². The van der Waals surface area contributed by atoms with Gasteiger partial charge in [0, 0.05) is 12.6 Å². The summed E-state index contributed by atoms with van der Waals surface area (Å²) >= 11 is 0. The Kier molecular flexibility index (Phi) is 6.23. The molecule has 0 radical (unpaired) electrons. The lowest BCUT2D eigenvalue weighted by atomic mass is 9.91. The average Bonchev–Trinajstić information content (AvgIpc) is 2.60. The smallest absolute Gasteiger partial charge is 0.119 e. The first-order valence-corrected chi connectivity index (χ1v) is 10.1. The lowest BCUT2D eigenvalue weighted by Gasteiger charge is -2.38. The molecule has 0 aromatic heterocycles. The van der Waals surface area contributed by atoms with Crippen LogP contribution < -0.4 is 10.1 Å². The third-order valence-electron chi connectivity index (χ3n) is 5.10. The third-order valence-corrected chi connectivity index (χ3v) is 5.10. The van der Waals surface area contributed by atoms with Crippen molar-refractivity contribution in [2.75, 3.05) is 6.61 Å². The average molecular weight is 368 g/mol. The Morgan fingerprint density at radius 1 is 1.00 bits per heavy atom. The molecule has 0 spiro atoms. The summed E-state index contributed by atoms with van der Waals surface area (Å²) in [6, 6.07) is 18.0. The second kappa shape index (κ2) is 8.45. The molecule has 1 N–H and O–H groups in total. The molecule has 3 rings (SSSR count). The lowest BCUT2D eigenvalue weighted by molar-refractivity contribution is -0.0637. The molecule has 3 heteroatoms. The van der Waals surface area contributed by atoms with E-state index in [1.54, 1.807) is 0 Å². The predicted molar refractivity (Wildman–Crippen MR) is 111 cm³/mol. The third kappa shape index (κ3) is 5.57.